The van der Waals surface area contributed by atoms with Gasteiger partial charge in [0.25, 0.3) is 6.20 Å². The van der Waals surface area contributed by atoms with Crippen LogP contribution in [0.15, 0.2) is 12.0 Å². The average molecular weight is 180 g/mol. The Balaban J connectivity index is 3.84. The van der Waals surface area contributed by atoms with Gasteiger partial charge in [-0.2, -0.15) is 0 Å². The van der Waals surface area contributed by atoms with Gasteiger partial charge in [0.15, 0.2) is 5.82 Å². The summed E-state index contributed by atoms with van der Waals surface area (Å²) >= 11 is 5.35. The van der Waals surface area contributed by atoms with Crippen molar-refractivity contribution in [2.45, 2.75) is 0 Å². The number of alkyl halides is 1. The Morgan fingerprint density at radius 3 is 2.82 bits per heavy atom. The first-order valence-electron chi connectivity index (χ1n) is 3.03. The van der Waals surface area contributed by atoms with Crippen LogP contribution in [0.5, 0.6) is 0 Å². The molecular weight excluding hydrogens is 170 g/mol. The highest BCUT2D eigenvalue weighted by Crippen LogP contribution is 1.82. The van der Waals surface area contributed by atoms with Crippen LogP contribution in [-0.4, -0.2) is 24.4 Å². The normalized spacial score (nSPS) is 10.9. The second-order valence-electron chi connectivity index (χ2n) is 1.69. The van der Waals surface area contributed by atoms with Crippen LogP contribution in [-0.2, 0) is 0 Å². The molecule has 0 heterocycles. The number of nitrogens with zero attached hydrogens (tertiary/aromatic N) is 1. The molecule has 11 heavy (non-hydrogen) atoms. The summed E-state index contributed by atoms with van der Waals surface area (Å²) < 4.78 is 0. The van der Waals surface area contributed by atoms with Crippen LogP contribution >= 0.6 is 11.6 Å². The quantitative estimate of drug-likeness (QED) is 0.357. The summed E-state index contributed by atoms with van der Waals surface area (Å²) in [5, 5.41) is 15.3. The molecule has 0 spiro atoms. The third-order valence-electron chi connectivity index (χ3n) is 0.914. The zero-order valence-electron chi connectivity index (χ0n) is 6.13. The van der Waals surface area contributed by atoms with Crippen molar-refractivity contribution in [1.29, 1.82) is 0 Å². The SMILES string of the molecule is CN/C(=C\[N+](=O)[O-])NCCCl. The molecule has 64 valence electrons. The molecule has 0 aromatic carbocycles. The molecule has 0 saturated carbocycles. The van der Waals surface area contributed by atoms with Crippen LogP contribution in [0.2, 0.25) is 0 Å². The Bertz CT molecular complexity index is 160. The second-order valence-corrected chi connectivity index (χ2v) is 2.07. The van der Waals surface area contributed by atoms with E-state index in [0.29, 0.717) is 18.2 Å². The maximum absolute atomic E-state index is 9.95. The average Bonchev–Trinajstić information content (AvgIpc) is 1.97. The van der Waals surface area contributed by atoms with Gasteiger partial charge in [-0.15, -0.1) is 11.6 Å². The Kier molecular flexibility index (Phi) is 5.28. The lowest BCUT2D eigenvalue weighted by Gasteiger charge is -2.04. The lowest BCUT2D eigenvalue weighted by atomic mass is 10.6. The molecule has 0 aliphatic heterocycles. The second kappa shape index (κ2) is 5.79. The van der Waals surface area contributed by atoms with Gasteiger partial charge in [0.2, 0.25) is 0 Å². The predicted molar refractivity (Wildman–Crippen MR) is 42.9 cm³/mol. The zero-order chi connectivity index (χ0) is 8.69. The van der Waals surface area contributed by atoms with Gasteiger partial charge in [-0.05, 0) is 0 Å². The maximum Gasteiger partial charge on any atom is 0.274 e. The summed E-state index contributed by atoms with van der Waals surface area (Å²) in [6, 6.07) is 0. The van der Waals surface area contributed by atoms with Crippen LogP contribution in [0, 0.1) is 10.1 Å². The lowest BCUT2D eigenvalue weighted by Crippen LogP contribution is -2.25. The minimum Gasteiger partial charge on any atom is -0.370 e. The van der Waals surface area contributed by atoms with Crippen molar-refractivity contribution in [1.82, 2.24) is 10.6 Å². The van der Waals surface area contributed by atoms with E-state index in [-0.39, 0.29) is 0 Å². The Hall–Kier alpha value is -0.970. The fourth-order valence-corrected chi connectivity index (χ4v) is 0.580. The first-order valence-corrected chi connectivity index (χ1v) is 3.57. The molecule has 0 fully saturated rings. The number of halogens is 1. The molecule has 0 aromatic rings. The van der Waals surface area contributed by atoms with E-state index in [4.69, 9.17) is 11.6 Å². The topological polar surface area (TPSA) is 67.2 Å². The van der Waals surface area contributed by atoms with Crippen molar-refractivity contribution < 1.29 is 4.92 Å². The van der Waals surface area contributed by atoms with Crippen LogP contribution in [0.3, 0.4) is 0 Å². The van der Waals surface area contributed by atoms with Gasteiger partial charge < -0.3 is 10.6 Å². The van der Waals surface area contributed by atoms with Gasteiger partial charge in [0.1, 0.15) is 0 Å². The van der Waals surface area contributed by atoms with Gasteiger partial charge in [0.05, 0.1) is 4.92 Å². The van der Waals surface area contributed by atoms with E-state index < -0.39 is 4.92 Å². The van der Waals surface area contributed by atoms with Crippen LogP contribution in [0.25, 0.3) is 0 Å². The molecular formula is C5H10ClN3O2. The third kappa shape index (κ3) is 5.47. The van der Waals surface area contributed by atoms with Crippen molar-refractivity contribution in [2.75, 3.05) is 19.5 Å². The van der Waals surface area contributed by atoms with Crippen molar-refractivity contribution in [2.24, 2.45) is 0 Å². The van der Waals surface area contributed by atoms with E-state index >= 15 is 0 Å². The standard InChI is InChI=1S/C5H10ClN3O2/c1-7-5(4-9(10)11)8-3-2-6/h4,7-8H,2-3H2,1H3/b5-4+. The van der Waals surface area contributed by atoms with Gasteiger partial charge in [-0.3, -0.25) is 10.1 Å². The largest absolute Gasteiger partial charge is 0.370 e. The zero-order valence-corrected chi connectivity index (χ0v) is 6.89. The van der Waals surface area contributed by atoms with E-state index in [0.717, 1.165) is 6.20 Å². The van der Waals surface area contributed by atoms with Crippen LogP contribution in [0.4, 0.5) is 0 Å². The molecule has 5 nitrogen and oxygen atoms in total. The molecule has 0 aromatic heterocycles. The van der Waals surface area contributed by atoms with Crippen molar-refractivity contribution >= 4 is 11.6 Å². The number of nitro groups is 1. The summed E-state index contributed by atoms with van der Waals surface area (Å²) in [5.74, 6) is 0.771. The summed E-state index contributed by atoms with van der Waals surface area (Å²) in [6.07, 6.45) is 0.854. The summed E-state index contributed by atoms with van der Waals surface area (Å²) in [5.41, 5.74) is 0. The van der Waals surface area contributed by atoms with E-state index in [9.17, 15) is 10.1 Å². The van der Waals surface area contributed by atoms with Crippen LogP contribution in [0.1, 0.15) is 0 Å². The van der Waals surface area contributed by atoms with Gasteiger partial charge >= 0.3 is 0 Å². The molecule has 0 unspecified atom stereocenters. The Morgan fingerprint density at radius 1 is 1.82 bits per heavy atom. The first kappa shape index (κ1) is 10.0. The minimum absolute atomic E-state index is 0.357. The van der Waals surface area contributed by atoms with Gasteiger partial charge in [0, 0.05) is 19.5 Å². The Morgan fingerprint density at radius 2 is 2.45 bits per heavy atom. The van der Waals surface area contributed by atoms with Crippen molar-refractivity contribution in [3.63, 3.8) is 0 Å². The highest BCUT2D eigenvalue weighted by molar-refractivity contribution is 6.18. The number of rotatable bonds is 5. The fraction of sp³-hybridized carbons (Fsp3) is 0.600. The number of hydrogen-bond donors (Lipinski definition) is 2. The first-order chi connectivity index (χ1) is 5.20. The predicted octanol–water partition coefficient (Wildman–Crippen LogP) is 0.110. The van der Waals surface area contributed by atoms with Crippen LogP contribution < -0.4 is 10.6 Å². The van der Waals surface area contributed by atoms with Crippen molar-refractivity contribution in [3.05, 3.63) is 22.1 Å². The van der Waals surface area contributed by atoms with E-state index in [1.807, 2.05) is 0 Å². The lowest BCUT2D eigenvalue weighted by molar-refractivity contribution is -0.404. The minimum atomic E-state index is -0.535. The summed E-state index contributed by atoms with van der Waals surface area (Å²) in [4.78, 5) is 9.41. The molecule has 0 saturated heterocycles. The molecule has 0 radical (unpaired) electrons. The molecule has 0 amide bonds. The molecule has 0 atom stereocenters. The molecule has 0 bridgehead atoms. The molecule has 0 aliphatic carbocycles. The number of nitrogens with one attached hydrogen (secondary N) is 2. The summed E-state index contributed by atoms with van der Waals surface area (Å²) in [7, 11) is 1.59. The van der Waals surface area contributed by atoms with E-state index in [1.54, 1.807) is 7.05 Å². The van der Waals surface area contributed by atoms with E-state index in [1.165, 1.54) is 0 Å². The smallest absolute Gasteiger partial charge is 0.274 e. The van der Waals surface area contributed by atoms with Crippen molar-refractivity contribution in [3.8, 4) is 0 Å². The molecule has 6 heteroatoms. The fourth-order valence-electron chi connectivity index (χ4n) is 0.486. The molecule has 2 N–H and O–H groups in total. The highest BCUT2D eigenvalue weighted by atomic mass is 35.5. The van der Waals surface area contributed by atoms with Gasteiger partial charge in [-0.1, -0.05) is 0 Å². The Labute approximate surface area is 69.6 Å². The molecule has 0 rings (SSSR count). The highest BCUT2D eigenvalue weighted by Gasteiger charge is 1.96. The third-order valence-corrected chi connectivity index (χ3v) is 1.10. The summed E-state index contributed by atoms with van der Waals surface area (Å²) in [6.45, 7) is 0.502. The monoisotopic (exact) mass is 179 g/mol. The van der Waals surface area contributed by atoms with E-state index in [2.05, 4.69) is 10.6 Å². The maximum atomic E-state index is 9.95. The molecule has 0 aliphatic rings. The van der Waals surface area contributed by atoms with Gasteiger partial charge in [-0.25, -0.2) is 0 Å². The number of hydrogen-bond acceptors (Lipinski definition) is 4.